The molecule has 20 heavy (non-hydrogen) atoms. The molecular formula is C14H12ClF3N2. The van der Waals surface area contributed by atoms with E-state index in [-0.39, 0.29) is 5.69 Å². The number of nitrogens with one attached hydrogen (secondary N) is 1. The van der Waals surface area contributed by atoms with E-state index in [2.05, 4.69) is 5.32 Å². The molecule has 0 radical (unpaired) electrons. The van der Waals surface area contributed by atoms with Gasteiger partial charge in [-0.3, -0.25) is 0 Å². The topological polar surface area (TPSA) is 38.0 Å². The highest BCUT2D eigenvalue weighted by Gasteiger charge is 2.30. The van der Waals surface area contributed by atoms with Crippen LogP contribution in [-0.2, 0) is 12.7 Å². The van der Waals surface area contributed by atoms with Gasteiger partial charge in [-0.15, -0.1) is 0 Å². The van der Waals surface area contributed by atoms with Gasteiger partial charge >= 0.3 is 6.18 Å². The predicted molar refractivity (Wildman–Crippen MR) is 74.6 cm³/mol. The molecule has 0 aliphatic heterocycles. The Morgan fingerprint density at radius 3 is 2.45 bits per heavy atom. The Kier molecular flexibility index (Phi) is 4.09. The number of rotatable bonds is 3. The van der Waals surface area contributed by atoms with Crippen LogP contribution in [0.15, 0.2) is 42.5 Å². The molecule has 3 N–H and O–H groups in total. The Hall–Kier alpha value is -1.88. The van der Waals surface area contributed by atoms with Gasteiger partial charge in [0, 0.05) is 11.6 Å². The van der Waals surface area contributed by atoms with Gasteiger partial charge in [0.15, 0.2) is 0 Å². The summed E-state index contributed by atoms with van der Waals surface area (Å²) in [6.45, 7) is 0.427. The normalized spacial score (nSPS) is 11.4. The van der Waals surface area contributed by atoms with Crippen molar-refractivity contribution in [3.63, 3.8) is 0 Å². The van der Waals surface area contributed by atoms with E-state index >= 15 is 0 Å². The predicted octanol–water partition coefficient (Wildman–Crippen LogP) is 4.55. The Morgan fingerprint density at radius 1 is 1.10 bits per heavy atom. The van der Waals surface area contributed by atoms with Crippen LogP contribution in [0.4, 0.5) is 24.5 Å². The summed E-state index contributed by atoms with van der Waals surface area (Å²) in [5.41, 5.74) is 6.29. The van der Waals surface area contributed by atoms with Gasteiger partial charge in [-0.25, -0.2) is 0 Å². The second-order valence-corrected chi connectivity index (χ2v) is 4.72. The Morgan fingerprint density at radius 2 is 1.85 bits per heavy atom. The molecule has 0 saturated carbocycles. The molecule has 0 atom stereocenters. The molecule has 106 valence electrons. The molecule has 0 unspecified atom stereocenters. The minimum absolute atomic E-state index is 0.0573. The maximum atomic E-state index is 12.5. The third-order valence-electron chi connectivity index (χ3n) is 2.75. The minimum Gasteiger partial charge on any atom is -0.397 e. The van der Waals surface area contributed by atoms with Crippen molar-refractivity contribution in [3.05, 3.63) is 58.6 Å². The summed E-state index contributed by atoms with van der Waals surface area (Å²) in [6, 6.07) is 10.4. The number of anilines is 2. The van der Waals surface area contributed by atoms with E-state index in [9.17, 15) is 13.2 Å². The summed E-state index contributed by atoms with van der Waals surface area (Å²) in [5, 5.41) is 3.59. The van der Waals surface area contributed by atoms with Crippen LogP contribution in [0.25, 0.3) is 0 Å². The summed E-state index contributed by atoms with van der Waals surface area (Å²) >= 11 is 5.85. The number of hydrogen-bond acceptors (Lipinski definition) is 2. The van der Waals surface area contributed by atoms with Crippen LogP contribution in [0.2, 0.25) is 5.02 Å². The average molecular weight is 301 g/mol. The Bertz CT molecular complexity index is 612. The zero-order valence-corrected chi connectivity index (χ0v) is 11.1. The molecule has 0 heterocycles. The zero-order chi connectivity index (χ0) is 14.8. The molecule has 0 aliphatic carbocycles. The molecule has 2 aromatic rings. The van der Waals surface area contributed by atoms with Crippen LogP contribution >= 0.6 is 11.6 Å². The van der Waals surface area contributed by atoms with Gasteiger partial charge in [-0.2, -0.15) is 13.2 Å². The van der Waals surface area contributed by atoms with Crippen molar-refractivity contribution in [1.82, 2.24) is 0 Å². The van der Waals surface area contributed by atoms with Gasteiger partial charge in [0.2, 0.25) is 0 Å². The Balaban J connectivity index is 2.11. The van der Waals surface area contributed by atoms with E-state index in [1.54, 1.807) is 18.2 Å². The number of hydrogen-bond donors (Lipinski definition) is 2. The summed E-state index contributed by atoms with van der Waals surface area (Å²) in [7, 11) is 0. The minimum atomic E-state index is -4.39. The second-order valence-electron chi connectivity index (χ2n) is 4.28. The quantitative estimate of drug-likeness (QED) is 0.816. The largest absolute Gasteiger partial charge is 0.416 e. The standard InChI is InChI=1S/C14H12ClF3N2/c15-11-3-1-2-9(6-11)8-20-13-5-4-10(7-12(13)19)14(16,17)18/h1-7,20H,8,19H2. The molecule has 2 rings (SSSR count). The average Bonchev–Trinajstić information content (AvgIpc) is 2.36. The van der Waals surface area contributed by atoms with Gasteiger partial charge in [-0.1, -0.05) is 23.7 Å². The van der Waals surface area contributed by atoms with Gasteiger partial charge in [0.25, 0.3) is 0 Å². The second kappa shape index (κ2) is 5.63. The number of halogens is 4. The van der Waals surface area contributed by atoms with Crippen molar-refractivity contribution in [2.75, 3.05) is 11.1 Å². The SMILES string of the molecule is Nc1cc(C(F)(F)F)ccc1NCc1cccc(Cl)c1. The summed E-state index contributed by atoms with van der Waals surface area (Å²) in [6.07, 6.45) is -4.39. The van der Waals surface area contributed by atoms with Crippen molar-refractivity contribution in [2.45, 2.75) is 12.7 Å². The van der Waals surface area contributed by atoms with Gasteiger partial charge in [-0.05, 0) is 35.9 Å². The zero-order valence-electron chi connectivity index (χ0n) is 10.3. The molecule has 6 heteroatoms. The van der Waals surface area contributed by atoms with E-state index in [0.717, 1.165) is 17.7 Å². The summed E-state index contributed by atoms with van der Waals surface area (Å²) in [5.74, 6) is 0. The summed E-state index contributed by atoms with van der Waals surface area (Å²) in [4.78, 5) is 0. The Labute approximate surface area is 119 Å². The molecule has 0 aromatic heterocycles. The molecule has 0 saturated heterocycles. The first-order valence-corrected chi connectivity index (χ1v) is 6.19. The molecule has 2 nitrogen and oxygen atoms in total. The maximum absolute atomic E-state index is 12.5. The van der Waals surface area contributed by atoms with E-state index in [0.29, 0.717) is 17.3 Å². The van der Waals surface area contributed by atoms with Crippen molar-refractivity contribution >= 4 is 23.0 Å². The fraction of sp³-hybridized carbons (Fsp3) is 0.143. The van der Waals surface area contributed by atoms with Gasteiger partial charge in [0.1, 0.15) is 0 Å². The van der Waals surface area contributed by atoms with Crippen molar-refractivity contribution in [1.29, 1.82) is 0 Å². The molecule has 0 aliphatic rings. The van der Waals surface area contributed by atoms with Crippen molar-refractivity contribution < 1.29 is 13.2 Å². The molecule has 0 fully saturated rings. The van der Waals surface area contributed by atoms with E-state index in [1.807, 2.05) is 6.07 Å². The summed E-state index contributed by atoms with van der Waals surface area (Å²) < 4.78 is 37.5. The first-order valence-electron chi connectivity index (χ1n) is 5.81. The van der Waals surface area contributed by atoms with Gasteiger partial charge in [0.05, 0.1) is 16.9 Å². The highest BCUT2D eigenvalue weighted by atomic mass is 35.5. The van der Waals surface area contributed by atoms with Gasteiger partial charge < -0.3 is 11.1 Å². The number of nitrogen functional groups attached to an aromatic ring is 1. The highest BCUT2D eigenvalue weighted by molar-refractivity contribution is 6.30. The van der Waals surface area contributed by atoms with Crippen LogP contribution in [0.5, 0.6) is 0 Å². The van der Waals surface area contributed by atoms with Crippen molar-refractivity contribution in [3.8, 4) is 0 Å². The van der Waals surface area contributed by atoms with Crippen LogP contribution in [-0.4, -0.2) is 0 Å². The first kappa shape index (κ1) is 14.5. The third-order valence-corrected chi connectivity index (χ3v) is 2.99. The first-order chi connectivity index (χ1) is 9.36. The van der Waals surface area contributed by atoms with Crippen LogP contribution in [0.1, 0.15) is 11.1 Å². The molecule has 0 amide bonds. The molecule has 2 aromatic carbocycles. The molecule has 0 spiro atoms. The van der Waals surface area contributed by atoms with Crippen molar-refractivity contribution in [2.24, 2.45) is 0 Å². The molecular weight excluding hydrogens is 289 g/mol. The number of alkyl halides is 3. The van der Waals surface area contributed by atoms with E-state index < -0.39 is 11.7 Å². The lowest BCUT2D eigenvalue weighted by atomic mass is 10.1. The van der Waals surface area contributed by atoms with Crippen LogP contribution in [0, 0.1) is 0 Å². The lowest BCUT2D eigenvalue weighted by Gasteiger charge is -2.12. The van der Waals surface area contributed by atoms with Crippen LogP contribution < -0.4 is 11.1 Å². The smallest absolute Gasteiger partial charge is 0.397 e. The fourth-order valence-corrected chi connectivity index (χ4v) is 1.96. The lowest BCUT2D eigenvalue weighted by molar-refractivity contribution is -0.137. The number of benzene rings is 2. The molecule has 0 bridgehead atoms. The third kappa shape index (κ3) is 3.57. The van der Waals surface area contributed by atoms with E-state index in [4.69, 9.17) is 17.3 Å². The fourth-order valence-electron chi connectivity index (χ4n) is 1.74. The highest BCUT2D eigenvalue weighted by Crippen LogP contribution is 2.32. The van der Waals surface area contributed by atoms with E-state index in [1.165, 1.54) is 6.07 Å². The monoisotopic (exact) mass is 300 g/mol. The lowest BCUT2D eigenvalue weighted by Crippen LogP contribution is -2.08. The van der Waals surface area contributed by atoms with Crippen LogP contribution in [0.3, 0.4) is 0 Å². The maximum Gasteiger partial charge on any atom is 0.416 e. The number of nitrogens with two attached hydrogens (primary N) is 1.